The molecule has 2 N–H and O–H groups in total. The average molecular weight is 248 g/mol. The number of rotatable bonds is 6. The molecule has 0 heterocycles. The van der Waals surface area contributed by atoms with Gasteiger partial charge in [0.2, 0.25) is 0 Å². The highest BCUT2D eigenvalue weighted by molar-refractivity contribution is 5.96. The summed E-state index contributed by atoms with van der Waals surface area (Å²) in [5.74, 6) is 1.23. The molecule has 0 unspecified atom stereocenters. The smallest absolute Gasteiger partial charge is 0.338 e. The number of unbranched alkanes of at least 4 members (excludes halogenated alkanes) is 1. The molecule has 0 atom stereocenters. The lowest BCUT2D eigenvalue weighted by Crippen LogP contribution is -2.10. The summed E-state index contributed by atoms with van der Waals surface area (Å²) in [4.78, 5) is 21.2. The molecule has 1 rings (SSSR count). The van der Waals surface area contributed by atoms with Gasteiger partial charge in [0.05, 0.1) is 10.5 Å². The van der Waals surface area contributed by atoms with Gasteiger partial charge >= 0.3 is 5.97 Å². The number of anilines is 1. The van der Waals surface area contributed by atoms with E-state index in [1.807, 2.05) is 0 Å². The summed E-state index contributed by atoms with van der Waals surface area (Å²) in [5, 5.41) is 22.6. The van der Waals surface area contributed by atoms with E-state index in [1.165, 1.54) is 18.2 Å². The zero-order chi connectivity index (χ0) is 13.5. The van der Waals surface area contributed by atoms with Crippen LogP contribution in [0.1, 0.15) is 23.2 Å². The number of nitro benzene ring substituents is 1. The first kappa shape index (κ1) is 13.5. The Bertz CT molecular complexity index is 473. The van der Waals surface area contributed by atoms with Crippen molar-refractivity contribution in [2.45, 2.75) is 12.8 Å². The first-order chi connectivity index (χ1) is 8.57. The van der Waals surface area contributed by atoms with Gasteiger partial charge in [-0.1, -0.05) is 6.07 Å². The van der Waals surface area contributed by atoms with E-state index in [-0.39, 0.29) is 16.9 Å². The number of para-hydroxylation sites is 1. The molecule has 94 valence electrons. The second kappa shape index (κ2) is 6.25. The van der Waals surface area contributed by atoms with Gasteiger partial charge in [0.1, 0.15) is 5.69 Å². The van der Waals surface area contributed by atoms with E-state index in [9.17, 15) is 14.9 Å². The van der Waals surface area contributed by atoms with E-state index in [0.29, 0.717) is 19.4 Å². The Kier molecular flexibility index (Phi) is 4.69. The topological polar surface area (TPSA) is 92.5 Å². The van der Waals surface area contributed by atoms with Crippen molar-refractivity contribution >= 4 is 17.3 Å². The summed E-state index contributed by atoms with van der Waals surface area (Å²) >= 11 is 0. The van der Waals surface area contributed by atoms with Crippen LogP contribution in [0.3, 0.4) is 0 Å². The number of nitrogens with one attached hydrogen (secondary N) is 1. The van der Waals surface area contributed by atoms with Crippen molar-refractivity contribution in [3.8, 4) is 12.3 Å². The van der Waals surface area contributed by atoms with Crippen LogP contribution in [0, 0.1) is 22.5 Å². The first-order valence-electron chi connectivity index (χ1n) is 5.26. The van der Waals surface area contributed by atoms with Crippen LogP contribution in [-0.2, 0) is 0 Å². The Hall–Kier alpha value is -2.55. The lowest BCUT2D eigenvalue weighted by atomic mass is 10.1. The molecule has 18 heavy (non-hydrogen) atoms. The number of benzene rings is 1. The van der Waals surface area contributed by atoms with Gasteiger partial charge in [-0.15, -0.1) is 12.3 Å². The molecule has 0 aliphatic heterocycles. The largest absolute Gasteiger partial charge is 0.478 e. The Morgan fingerprint density at radius 2 is 2.28 bits per heavy atom. The molecule has 1 aromatic rings. The Balaban J connectivity index is 3.00. The predicted molar refractivity (Wildman–Crippen MR) is 66.6 cm³/mol. The first-order valence-corrected chi connectivity index (χ1v) is 5.26. The fraction of sp³-hybridized carbons (Fsp3) is 0.250. The van der Waals surface area contributed by atoms with Crippen LogP contribution in [0.4, 0.5) is 11.4 Å². The highest BCUT2D eigenvalue weighted by atomic mass is 16.6. The molecule has 6 heteroatoms. The van der Waals surface area contributed by atoms with Gasteiger partial charge in [0.25, 0.3) is 5.69 Å². The monoisotopic (exact) mass is 248 g/mol. The van der Waals surface area contributed by atoms with Crippen molar-refractivity contribution in [2.24, 2.45) is 0 Å². The SMILES string of the molecule is C#CCCCNc1c(C(=O)O)cccc1[N+](=O)[O-]. The molecule has 0 radical (unpaired) electrons. The minimum Gasteiger partial charge on any atom is -0.478 e. The number of terminal acetylenes is 1. The molecular weight excluding hydrogens is 236 g/mol. The van der Waals surface area contributed by atoms with Gasteiger partial charge in [-0.25, -0.2) is 4.79 Å². The van der Waals surface area contributed by atoms with E-state index in [2.05, 4.69) is 11.2 Å². The molecule has 0 aliphatic carbocycles. The number of aromatic carboxylic acids is 1. The maximum atomic E-state index is 11.0. The second-order valence-corrected chi connectivity index (χ2v) is 3.50. The third kappa shape index (κ3) is 3.22. The molecular formula is C12H12N2O4. The lowest BCUT2D eigenvalue weighted by Gasteiger charge is -2.09. The molecule has 0 aliphatic rings. The van der Waals surface area contributed by atoms with Gasteiger partial charge < -0.3 is 10.4 Å². The highest BCUT2D eigenvalue weighted by Crippen LogP contribution is 2.28. The van der Waals surface area contributed by atoms with Crippen LogP contribution >= 0.6 is 0 Å². The van der Waals surface area contributed by atoms with Crippen molar-refractivity contribution in [3.63, 3.8) is 0 Å². The van der Waals surface area contributed by atoms with Gasteiger partial charge in [0.15, 0.2) is 0 Å². The van der Waals surface area contributed by atoms with E-state index in [1.54, 1.807) is 0 Å². The molecule has 0 saturated heterocycles. The van der Waals surface area contributed by atoms with E-state index in [4.69, 9.17) is 11.5 Å². The molecule has 0 fully saturated rings. The van der Waals surface area contributed by atoms with Crippen molar-refractivity contribution in [1.29, 1.82) is 0 Å². The third-order valence-electron chi connectivity index (χ3n) is 2.27. The minimum atomic E-state index is -1.21. The van der Waals surface area contributed by atoms with Crippen LogP contribution in [0.2, 0.25) is 0 Å². The molecule has 0 aromatic heterocycles. The summed E-state index contributed by atoms with van der Waals surface area (Å²) in [6.45, 7) is 0.384. The van der Waals surface area contributed by atoms with Gasteiger partial charge in [-0.2, -0.15) is 0 Å². The Morgan fingerprint density at radius 3 is 2.83 bits per heavy atom. The van der Waals surface area contributed by atoms with Crippen LogP contribution < -0.4 is 5.32 Å². The number of carboxylic acids is 1. The number of nitro groups is 1. The zero-order valence-electron chi connectivity index (χ0n) is 9.55. The maximum absolute atomic E-state index is 11.0. The van der Waals surface area contributed by atoms with Gasteiger partial charge in [-0.3, -0.25) is 10.1 Å². The van der Waals surface area contributed by atoms with Gasteiger partial charge in [-0.05, 0) is 12.5 Å². The minimum absolute atomic E-state index is 0.0204. The number of nitrogens with zero attached hydrogens (tertiary/aromatic N) is 1. The third-order valence-corrected chi connectivity index (χ3v) is 2.27. The second-order valence-electron chi connectivity index (χ2n) is 3.50. The summed E-state index contributed by atoms with van der Waals surface area (Å²) in [6, 6.07) is 3.92. The van der Waals surface area contributed by atoms with Crippen LogP contribution in [-0.4, -0.2) is 22.5 Å². The number of carbonyl (C=O) groups is 1. The molecule has 0 spiro atoms. The molecule has 6 nitrogen and oxygen atoms in total. The quantitative estimate of drug-likeness (QED) is 0.348. The fourth-order valence-electron chi connectivity index (χ4n) is 1.46. The van der Waals surface area contributed by atoms with Crippen LogP contribution in [0.25, 0.3) is 0 Å². The van der Waals surface area contributed by atoms with Crippen molar-refractivity contribution < 1.29 is 14.8 Å². The average Bonchev–Trinajstić information content (AvgIpc) is 2.34. The van der Waals surface area contributed by atoms with Crippen molar-refractivity contribution in [1.82, 2.24) is 0 Å². The predicted octanol–water partition coefficient (Wildman–Crippen LogP) is 2.12. The summed E-state index contributed by atoms with van der Waals surface area (Å²) in [7, 11) is 0. The molecule has 0 bridgehead atoms. The van der Waals surface area contributed by atoms with Crippen molar-refractivity contribution in [2.75, 3.05) is 11.9 Å². The van der Waals surface area contributed by atoms with Crippen molar-refractivity contribution in [3.05, 3.63) is 33.9 Å². The number of hydrogen-bond donors (Lipinski definition) is 2. The normalized spacial score (nSPS) is 9.50. The Morgan fingerprint density at radius 1 is 1.56 bits per heavy atom. The van der Waals surface area contributed by atoms with E-state index < -0.39 is 10.9 Å². The summed E-state index contributed by atoms with van der Waals surface area (Å²) in [6.07, 6.45) is 6.22. The number of hydrogen-bond acceptors (Lipinski definition) is 4. The molecule has 0 amide bonds. The van der Waals surface area contributed by atoms with E-state index >= 15 is 0 Å². The number of carboxylic acid groups (broad SMARTS) is 1. The molecule has 0 saturated carbocycles. The summed E-state index contributed by atoms with van der Waals surface area (Å²) < 4.78 is 0. The lowest BCUT2D eigenvalue weighted by molar-refractivity contribution is -0.384. The standard InChI is InChI=1S/C12H12N2O4/c1-2-3-4-8-13-11-9(12(15)16)6-5-7-10(11)14(17)18/h1,5-7,13H,3-4,8H2,(H,15,16). The van der Waals surface area contributed by atoms with E-state index in [0.717, 1.165) is 0 Å². The Labute approximate surface area is 104 Å². The zero-order valence-corrected chi connectivity index (χ0v) is 9.55. The van der Waals surface area contributed by atoms with Crippen LogP contribution in [0.5, 0.6) is 0 Å². The highest BCUT2D eigenvalue weighted by Gasteiger charge is 2.20. The maximum Gasteiger partial charge on any atom is 0.338 e. The fourth-order valence-corrected chi connectivity index (χ4v) is 1.46. The molecule has 1 aromatic carbocycles. The summed E-state index contributed by atoms with van der Waals surface area (Å²) in [5.41, 5.74) is -0.354. The van der Waals surface area contributed by atoms with Crippen LogP contribution in [0.15, 0.2) is 18.2 Å². The van der Waals surface area contributed by atoms with Gasteiger partial charge in [0, 0.05) is 19.0 Å².